The highest BCUT2D eigenvalue weighted by Gasteiger charge is 2.22. The summed E-state index contributed by atoms with van der Waals surface area (Å²) in [5.74, 6) is 0.221. The van der Waals surface area contributed by atoms with E-state index in [0.717, 1.165) is 50.6 Å². The summed E-state index contributed by atoms with van der Waals surface area (Å²) >= 11 is 0. The maximum atomic E-state index is 13.8. The molecule has 168 valence electrons. The maximum absolute atomic E-state index is 13.8. The summed E-state index contributed by atoms with van der Waals surface area (Å²) in [6, 6.07) is 6.98. The molecule has 0 spiro atoms. The van der Waals surface area contributed by atoms with Crippen LogP contribution >= 0.6 is 0 Å². The van der Waals surface area contributed by atoms with Gasteiger partial charge in [-0.25, -0.2) is 17.8 Å². The van der Waals surface area contributed by atoms with Gasteiger partial charge in [-0.2, -0.15) is 0 Å². The third kappa shape index (κ3) is 6.58. The second-order valence-corrected chi connectivity index (χ2v) is 10.3. The molecular formula is C23H28FNO5S. The molecule has 3 rings (SSSR count). The third-order valence-corrected chi connectivity index (χ3v) is 6.92. The molecule has 1 fully saturated rings. The van der Waals surface area contributed by atoms with Crippen molar-refractivity contribution >= 4 is 15.6 Å². The number of rotatable bonds is 9. The minimum absolute atomic E-state index is 0.0412. The van der Waals surface area contributed by atoms with Gasteiger partial charge in [0.1, 0.15) is 11.6 Å². The second kappa shape index (κ2) is 10.3. The van der Waals surface area contributed by atoms with Gasteiger partial charge in [-0.1, -0.05) is 25.3 Å². The van der Waals surface area contributed by atoms with Crippen molar-refractivity contribution in [3.63, 3.8) is 0 Å². The average molecular weight is 450 g/mol. The quantitative estimate of drug-likeness (QED) is 0.564. The van der Waals surface area contributed by atoms with Crippen LogP contribution in [-0.2, 0) is 9.84 Å². The standard InChI is InChI=1S/C23H28FNO5S/c1-31(28,29)20-6-3-5-19(13-20)30-23-21(12-18(24)14-25-23)22(27)7-2-4-16-8-10-17(15-26)11-9-16/h3,5-6,12-14,16-17,26H,2,4,7-11,15H2,1H3. The van der Waals surface area contributed by atoms with E-state index in [-0.39, 0.29) is 40.9 Å². The Hall–Kier alpha value is -2.32. The van der Waals surface area contributed by atoms with E-state index in [4.69, 9.17) is 4.74 Å². The minimum atomic E-state index is -3.42. The summed E-state index contributed by atoms with van der Waals surface area (Å²) in [6.45, 7) is 0.244. The average Bonchev–Trinajstić information content (AvgIpc) is 2.75. The molecule has 8 heteroatoms. The smallest absolute Gasteiger partial charge is 0.230 e. The van der Waals surface area contributed by atoms with Crippen molar-refractivity contribution in [2.75, 3.05) is 12.9 Å². The van der Waals surface area contributed by atoms with E-state index in [1.807, 2.05) is 0 Å². The summed E-state index contributed by atoms with van der Waals surface area (Å²) < 4.78 is 42.9. The molecule has 1 aliphatic rings. The predicted molar refractivity (Wildman–Crippen MR) is 115 cm³/mol. The van der Waals surface area contributed by atoms with Crippen LogP contribution in [0.4, 0.5) is 4.39 Å². The molecule has 1 aromatic heterocycles. The van der Waals surface area contributed by atoms with Gasteiger partial charge in [0.25, 0.3) is 0 Å². The second-order valence-electron chi connectivity index (χ2n) is 8.24. The number of aliphatic hydroxyl groups excluding tert-OH is 1. The number of hydrogen-bond acceptors (Lipinski definition) is 6. The lowest BCUT2D eigenvalue weighted by Gasteiger charge is -2.27. The van der Waals surface area contributed by atoms with Crippen LogP contribution in [0.3, 0.4) is 0 Å². The Labute approximate surface area is 182 Å². The largest absolute Gasteiger partial charge is 0.438 e. The lowest BCUT2D eigenvalue weighted by Crippen LogP contribution is -2.17. The summed E-state index contributed by atoms with van der Waals surface area (Å²) in [4.78, 5) is 16.7. The first-order valence-corrected chi connectivity index (χ1v) is 12.4. The van der Waals surface area contributed by atoms with Crippen molar-refractivity contribution in [3.05, 3.63) is 47.9 Å². The summed E-state index contributed by atoms with van der Waals surface area (Å²) in [7, 11) is -3.42. The topological polar surface area (TPSA) is 93.6 Å². The number of pyridine rings is 1. The minimum Gasteiger partial charge on any atom is -0.438 e. The first-order chi connectivity index (χ1) is 14.8. The van der Waals surface area contributed by atoms with Crippen molar-refractivity contribution in [2.24, 2.45) is 11.8 Å². The summed E-state index contributed by atoms with van der Waals surface area (Å²) in [5, 5.41) is 9.24. The highest BCUT2D eigenvalue weighted by molar-refractivity contribution is 7.90. The molecule has 6 nitrogen and oxygen atoms in total. The Morgan fingerprint density at radius 3 is 2.58 bits per heavy atom. The van der Waals surface area contributed by atoms with Crippen LogP contribution in [0.5, 0.6) is 11.6 Å². The van der Waals surface area contributed by atoms with Crippen LogP contribution in [0.15, 0.2) is 41.4 Å². The Morgan fingerprint density at radius 1 is 1.19 bits per heavy atom. The fraction of sp³-hybridized carbons (Fsp3) is 0.478. The van der Waals surface area contributed by atoms with Gasteiger partial charge >= 0.3 is 0 Å². The Kier molecular flexibility index (Phi) is 7.78. The normalized spacial score (nSPS) is 19.2. The summed E-state index contributed by atoms with van der Waals surface area (Å²) in [5.41, 5.74) is 0.0498. The van der Waals surface area contributed by atoms with Crippen molar-refractivity contribution in [3.8, 4) is 11.6 Å². The zero-order valence-corrected chi connectivity index (χ0v) is 18.4. The van der Waals surface area contributed by atoms with E-state index in [1.54, 1.807) is 6.07 Å². The Balaban J connectivity index is 1.65. The van der Waals surface area contributed by atoms with Crippen LogP contribution in [-0.4, -0.2) is 37.2 Å². The number of hydrogen-bond donors (Lipinski definition) is 1. The van der Waals surface area contributed by atoms with Crippen LogP contribution in [0, 0.1) is 17.7 Å². The number of aliphatic hydroxyl groups is 1. The molecule has 0 unspecified atom stereocenters. The van der Waals surface area contributed by atoms with Gasteiger partial charge in [0, 0.05) is 19.3 Å². The molecule has 0 aliphatic heterocycles. The molecule has 1 heterocycles. The van der Waals surface area contributed by atoms with E-state index in [9.17, 15) is 22.7 Å². The monoisotopic (exact) mass is 449 g/mol. The first-order valence-electron chi connectivity index (χ1n) is 10.5. The SMILES string of the molecule is CS(=O)(=O)c1cccc(Oc2ncc(F)cc2C(=O)CCCC2CCC(CO)CC2)c1. The molecule has 1 N–H and O–H groups in total. The van der Waals surface area contributed by atoms with Gasteiger partial charge in [0.15, 0.2) is 15.6 Å². The fourth-order valence-electron chi connectivity index (χ4n) is 3.98. The number of sulfone groups is 1. The number of nitrogens with zero attached hydrogens (tertiary/aromatic N) is 1. The highest BCUT2D eigenvalue weighted by atomic mass is 32.2. The number of carbonyl (C=O) groups is 1. The number of aromatic nitrogens is 1. The van der Waals surface area contributed by atoms with Gasteiger partial charge in [0.05, 0.1) is 16.7 Å². The van der Waals surface area contributed by atoms with Gasteiger partial charge in [-0.15, -0.1) is 0 Å². The highest BCUT2D eigenvalue weighted by Crippen LogP contribution is 2.32. The van der Waals surface area contributed by atoms with Crippen molar-refractivity contribution < 1.29 is 27.4 Å². The van der Waals surface area contributed by atoms with Crippen LogP contribution in [0.2, 0.25) is 0 Å². The maximum Gasteiger partial charge on any atom is 0.230 e. The third-order valence-electron chi connectivity index (χ3n) is 5.81. The number of Topliss-reactive ketones (excluding diaryl/α,β-unsaturated/α-hetero) is 1. The van der Waals surface area contributed by atoms with Crippen LogP contribution in [0.1, 0.15) is 55.3 Å². The Morgan fingerprint density at radius 2 is 1.90 bits per heavy atom. The number of carbonyl (C=O) groups excluding carboxylic acids is 1. The lowest BCUT2D eigenvalue weighted by atomic mass is 9.80. The molecule has 0 saturated heterocycles. The molecule has 1 saturated carbocycles. The van der Waals surface area contributed by atoms with Gasteiger partial charge in [-0.05, 0) is 55.4 Å². The van der Waals surface area contributed by atoms with Crippen molar-refractivity contribution in [1.82, 2.24) is 4.98 Å². The van der Waals surface area contributed by atoms with E-state index in [0.29, 0.717) is 18.3 Å². The first kappa shape index (κ1) is 23.3. The van der Waals surface area contributed by atoms with Crippen LogP contribution in [0.25, 0.3) is 0 Å². The van der Waals surface area contributed by atoms with E-state index in [1.165, 1.54) is 18.2 Å². The van der Waals surface area contributed by atoms with E-state index < -0.39 is 15.7 Å². The molecule has 1 aliphatic carbocycles. The van der Waals surface area contributed by atoms with E-state index >= 15 is 0 Å². The fourth-order valence-corrected chi connectivity index (χ4v) is 4.63. The van der Waals surface area contributed by atoms with Crippen molar-refractivity contribution in [1.29, 1.82) is 0 Å². The zero-order chi connectivity index (χ0) is 22.4. The molecule has 1 aromatic carbocycles. The van der Waals surface area contributed by atoms with Gasteiger partial charge in [0.2, 0.25) is 5.88 Å². The van der Waals surface area contributed by atoms with Gasteiger partial charge in [-0.3, -0.25) is 4.79 Å². The molecule has 2 aromatic rings. The number of benzene rings is 1. The Bertz CT molecular complexity index is 1020. The van der Waals surface area contributed by atoms with E-state index in [2.05, 4.69) is 4.98 Å². The number of ether oxygens (including phenoxy) is 1. The molecular weight excluding hydrogens is 421 g/mol. The predicted octanol–water partition coefficient (Wildman–Crippen LogP) is 4.57. The summed E-state index contributed by atoms with van der Waals surface area (Å²) in [6.07, 6.45) is 8.08. The molecule has 0 radical (unpaired) electrons. The van der Waals surface area contributed by atoms with Crippen LogP contribution < -0.4 is 4.74 Å². The van der Waals surface area contributed by atoms with Gasteiger partial charge < -0.3 is 9.84 Å². The number of halogens is 1. The molecule has 0 bridgehead atoms. The molecule has 0 atom stereocenters. The van der Waals surface area contributed by atoms with Crippen molar-refractivity contribution in [2.45, 2.75) is 49.8 Å². The zero-order valence-electron chi connectivity index (χ0n) is 17.6. The molecule has 0 amide bonds. The number of ketones is 1. The molecule has 31 heavy (non-hydrogen) atoms. The lowest BCUT2D eigenvalue weighted by molar-refractivity contribution is 0.0971.